The zero-order valence-corrected chi connectivity index (χ0v) is 17.8. The van der Waals surface area contributed by atoms with E-state index in [9.17, 15) is 14.4 Å². The average Bonchev–Trinajstić information content (AvgIpc) is 2.75. The average molecular weight is 437 g/mol. The summed E-state index contributed by atoms with van der Waals surface area (Å²) in [6.45, 7) is 3.71. The molecule has 3 heterocycles. The topological polar surface area (TPSA) is 91.0 Å². The van der Waals surface area contributed by atoms with Crippen LogP contribution >= 0.6 is 12.4 Å². The van der Waals surface area contributed by atoms with E-state index in [2.05, 4.69) is 10.6 Å². The molecule has 0 unspecified atom stereocenters. The molecule has 3 fully saturated rings. The number of benzene rings is 1. The smallest absolute Gasteiger partial charge is 0.328 e. The molecule has 0 radical (unpaired) electrons. The number of rotatable bonds is 4. The van der Waals surface area contributed by atoms with Gasteiger partial charge in [0.15, 0.2) is 0 Å². The first-order valence-electron chi connectivity index (χ1n) is 10.5. The molecular formula is C21H29ClN4O4. The zero-order chi connectivity index (χ0) is 20.2. The maximum atomic E-state index is 13.0. The molecule has 0 spiro atoms. The summed E-state index contributed by atoms with van der Waals surface area (Å²) in [5.41, 5.74) is 1.19. The molecule has 30 heavy (non-hydrogen) atoms. The van der Waals surface area contributed by atoms with Crippen molar-refractivity contribution in [1.82, 2.24) is 15.5 Å². The Morgan fingerprint density at radius 2 is 1.70 bits per heavy atom. The summed E-state index contributed by atoms with van der Waals surface area (Å²) < 4.78 is 6.23. The van der Waals surface area contributed by atoms with E-state index in [-0.39, 0.29) is 36.7 Å². The molecule has 9 heteroatoms. The quantitative estimate of drug-likeness (QED) is 0.752. The Kier molecular flexibility index (Phi) is 7.69. The highest BCUT2D eigenvalue weighted by molar-refractivity contribution is 6.06. The second-order valence-electron chi connectivity index (χ2n) is 7.88. The van der Waals surface area contributed by atoms with E-state index in [1.54, 1.807) is 24.3 Å². The van der Waals surface area contributed by atoms with Gasteiger partial charge in [-0.3, -0.25) is 19.8 Å². The molecule has 164 valence electrons. The highest BCUT2D eigenvalue weighted by Gasteiger charge is 2.28. The maximum Gasteiger partial charge on any atom is 0.328 e. The molecule has 0 aliphatic carbocycles. The number of hydrogen-bond acceptors (Lipinski definition) is 5. The maximum absolute atomic E-state index is 13.0. The summed E-state index contributed by atoms with van der Waals surface area (Å²) in [5.74, 6) is -0.297. The van der Waals surface area contributed by atoms with E-state index in [1.807, 2.05) is 4.90 Å². The molecule has 1 aromatic rings. The number of amides is 4. The first kappa shape index (κ1) is 22.5. The molecule has 0 bridgehead atoms. The molecule has 4 amide bonds. The van der Waals surface area contributed by atoms with Crippen molar-refractivity contribution in [1.29, 1.82) is 0 Å². The van der Waals surface area contributed by atoms with Crippen LogP contribution in [0, 0.1) is 0 Å². The third-order valence-electron chi connectivity index (χ3n) is 5.86. The summed E-state index contributed by atoms with van der Waals surface area (Å²) in [4.78, 5) is 39.7. The first-order chi connectivity index (χ1) is 14.1. The van der Waals surface area contributed by atoms with Crippen molar-refractivity contribution in [3.05, 3.63) is 29.8 Å². The van der Waals surface area contributed by atoms with Gasteiger partial charge in [-0.15, -0.1) is 12.4 Å². The van der Waals surface area contributed by atoms with Crippen LogP contribution in [0.15, 0.2) is 24.3 Å². The molecule has 1 aromatic carbocycles. The fourth-order valence-corrected chi connectivity index (χ4v) is 4.20. The van der Waals surface area contributed by atoms with Crippen LogP contribution in [0.5, 0.6) is 0 Å². The lowest BCUT2D eigenvalue weighted by molar-refractivity contribution is -0.120. The van der Waals surface area contributed by atoms with Gasteiger partial charge < -0.3 is 15.0 Å². The predicted octanol–water partition coefficient (Wildman–Crippen LogP) is 1.93. The van der Waals surface area contributed by atoms with Crippen LogP contribution in [0.2, 0.25) is 0 Å². The van der Waals surface area contributed by atoms with Gasteiger partial charge in [-0.2, -0.15) is 0 Å². The number of piperidine rings is 2. The highest BCUT2D eigenvalue weighted by Crippen LogP contribution is 2.23. The lowest BCUT2D eigenvalue weighted by Gasteiger charge is -2.35. The van der Waals surface area contributed by atoms with Crippen LogP contribution in [0.4, 0.5) is 10.5 Å². The van der Waals surface area contributed by atoms with Crippen molar-refractivity contribution >= 4 is 35.9 Å². The summed E-state index contributed by atoms with van der Waals surface area (Å²) in [7, 11) is 0. The Morgan fingerprint density at radius 1 is 1.00 bits per heavy atom. The minimum absolute atomic E-state index is 0. The largest absolute Gasteiger partial charge is 0.375 e. The molecule has 3 saturated heterocycles. The number of ether oxygens (including phenoxy) is 1. The number of likely N-dealkylation sites (tertiary alicyclic amines) is 1. The number of imide groups is 1. The molecule has 8 nitrogen and oxygen atoms in total. The van der Waals surface area contributed by atoms with E-state index in [4.69, 9.17) is 4.74 Å². The number of anilines is 1. The lowest BCUT2D eigenvalue weighted by atomic mass is 10.0. The second-order valence-corrected chi connectivity index (χ2v) is 7.88. The van der Waals surface area contributed by atoms with Gasteiger partial charge in [0, 0.05) is 37.3 Å². The number of urea groups is 1. The number of halogens is 1. The number of carbonyl (C=O) groups is 3. The van der Waals surface area contributed by atoms with Crippen molar-refractivity contribution in [3.8, 4) is 0 Å². The SMILES string of the molecule is Cl.O=C1CCN(c2cccc(C(=O)N3CCC(OC4CCNCC4)CC3)c2)C(=O)N1. The van der Waals surface area contributed by atoms with E-state index in [0.29, 0.717) is 37.0 Å². The molecule has 2 N–H and O–H groups in total. The van der Waals surface area contributed by atoms with Crippen LogP contribution in [-0.4, -0.2) is 67.7 Å². The summed E-state index contributed by atoms with van der Waals surface area (Å²) in [6, 6.07) is 6.62. The van der Waals surface area contributed by atoms with Crippen LogP contribution < -0.4 is 15.5 Å². The Labute approximate surface area is 182 Å². The molecule has 4 rings (SSSR count). The Hall–Kier alpha value is -2.16. The van der Waals surface area contributed by atoms with E-state index >= 15 is 0 Å². The first-order valence-corrected chi connectivity index (χ1v) is 10.5. The molecular weight excluding hydrogens is 408 g/mol. The van der Waals surface area contributed by atoms with Crippen LogP contribution in [0.1, 0.15) is 42.5 Å². The standard InChI is InChI=1S/C21H28N4O4.ClH/c26-19-8-13-25(21(28)23-19)16-3-1-2-15(14-16)20(27)24-11-6-18(7-12-24)29-17-4-9-22-10-5-17;/h1-3,14,17-18,22H,4-13H2,(H,23,26,28);1H. The Morgan fingerprint density at radius 3 is 2.40 bits per heavy atom. The fraction of sp³-hybridized carbons (Fsp3) is 0.571. The molecule has 0 aromatic heterocycles. The van der Waals surface area contributed by atoms with Crippen LogP contribution in [0.25, 0.3) is 0 Å². The number of nitrogens with zero attached hydrogens (tertiary/aromatic N) is 2. The zero-order valence-electron chi connectivity index (χ0n) is 17.0. The van der Waals surface area contributed by atoms with Gasteiger partial charge in [-0.1, -0.05) is 6.07 Å². The van der Waals surface area contributed by atoms with Crippen LogP contribution in [-0.2, 0) is 9.53 Å². The van der Waals surface area contributed by atoms with E-state index in [1.165, 1.54) is 4.90 Å². The minimum atomic E-state index is -0.443. The number of nitrogens with one attached hydrogen (secondary N) is 2. The third kappa shape index (κ3) is 5.30. The summed E-state index contributed by atoms with van der Waals surface area (Å²) in [5, 5.41) is 5.66. The minimum Gasteiger partial charge on any atom is -0.375 e. The summed E-state index contributed by atoms with van der Waals surface area (Å²) >= 11 is 0. The van der Waals surface area contributed by atoms with Crippen molar-refractivity contribution in [3.63, 3.8) is 0 Å². The van der Waals surface area contributed by atoms with Gasteiger partial charge in [0.2, 0.25) is 5.91 Å². The molecule has 3 aliphatic rings. The molecule has 3 aliphatic heterocycles. The van der Waals surface area contributed by atoms with Crippen LogP contribution in [0.3, 0.4) is 0 Å². The molecule has 0 saturated carbocycles. The van der Waals surface area contributed by atoms with Gasteiger partial charge in [0.05, 0.1) is 12.2 Å². The predicted molar refractivity (Wildman–Crippen MR) is 115 cm³/mol. The summed E-state index contributed by atoms with van der Waals surface area (Å²) in [6.07, 6.45) is 4.64. The van der Waals surface area contributed by atoms with Crippen molar-refractivity contribution < 1.29 is 19.1 Å². The Balaban J connectivity index is 0.00000256. The monoisotopic (exact) mass is 436 g/mol. The third-order valence-corrected chi connectivity index (χ3v) is 5.86. The lowest BCUT2D eigenvalue weighted by Crippen LogP contribution is -2.49. The highest BCUT2D eigenvalue weighted by atomic mass is 35.5. The van der Waals surface area contributed by atoms with Gasteiger partial charge >= 0.3 is 6.03 Å². The van der Waals surface area contributed by atoms with Crippen molar-refractivity contribution in [2.75, 3.05) is 37.6 Å². The van der Waals surface area contributed by atoms with Gasteiger partial charge in [0.1, 0.15) is 0 Å². The fourth-order valence-electron chi connectivity index (χ4n) is 4.20. The van der Waals surface area contributed by atoms with E-state index < -0.39 is 6.03 Å². The van der Waals surface area contributed by atoms with E-state index in [0.717, 1.165) is 38.8 Å². The second kappa shape index (κ2) is 10.2. The van der Waals surface area contributed by atoms with Crippen molar-refractivity contribution in [2.45, 2.75) is 44.3 Å². The van der Waals surface area contributed by atoms with Gasteiger partial charge in [0.25, 0.3) is 5.91 Å². The van der Waals surface area contributed by atoms with Crippen molar-refractivity contribution in [2.24, 2.45) is 0 Å². The van der Waals surface area contributed by atoms with Gasteiger partial charge in [-0.05, 0) is 57.0 Å². The Bertz CT molecular complexity index is 776. The number of hydrogen-bond donors (Lipinski definition) is 2. The normalized spacial score (nSPS) is 21.2. The number of carbonyl (C=O) groups excluding carboxylic acids is 3. The molecule has 0 atom stereocenters. The van der Waals surface area contributed by atoms with Gasteiger partial charge in [-0.25, -0.2) is 4.79 Å².